The number of aryl methyl sites for hydroxylation is 2. The van der Waals surface area contributed by atoms with Crippen LogP contribution < -0.4 is 5.32 Å². The van der Waals surface area contributed by atoms with Crippen LogP contribution >= 0.6 is 11.6 Å². The van der Waals surface area contributed by atoms with Gasteiger partial charge < -0.3 is 5.32 Å². The maximum absolute atomic E-state index is 12.0. The molecule has 0 bridgehead atoms. The number of carbonyl (C=O) groups excluding carboxylic acids is 1. The van der Waals surface area contributed by atoms with E-state index < -0.39 is 0 Å². The molecule has 1 aromatic carbocycles. The average Bonchev–Trinajstić information content (AvgIpc) is 2.64. The molecule has 0 saturated heterocycles. The smallest absolute Gasteiger partial charge is 0.246 e. The van der Waals surface area contributed by atoms with E-state index in [2.05, 4.69) is 10.4 Å². The van der Waals surface area contributed by atoms with Crippen molar-refractivity contribution in [1.82, 2.24) is 9.78 Å². The fraction of sp³-hybridized carbons (Fsp3) is 0.286. The van der Waals surface area contributed by atoms with Gasteiger partial charge in [0.05, 0.1) is 5.69 Å². The number of carbonyl (C=O) groups is 1. The van der Waals surface area contributed by atoms with Crippen molar-refractivity contribution in [3.8, 4) is 0 Å². The summed E-state index contributed by atoms with van der Waals surface area (Å²) >= 11 is 6.02. The number of hydrogen-bond donors (Lipinski definition) is 1. The first kappa shape index (κ1) is 13.6. The molecule has 0 atom stereocenters. The van der Waals surface area contributed by atoms with E-state index in [1.165, 1.54) is 0 Å². The largest absolute Gasteiger partial charge is 0.324 e. The highest BCUT2D eigenvalue weighted by molar-refractivity contribution is 6.31. The van der Waals surface area contributed by atoms with Gasteiger partial charge in [0, 0.05) is 16.4 Å². The molecule has 4 nitrogen and oxygen atoms in total. The van der Waals surface area contributed by atoms with Crippen LogP contribution in [0.2, 0.25) is 5.02 Å². The summed E-state index contributed by atoms with van der Waals surface area (Å²) in [5.74, 6) is -0.114. The second-order valence-corrected chi connectivity index (χ2v) is 4.95. The summed E-state index contributed by atoms with van der Waals surface area (Å²) < 4.78 is 1.69. The monoisotopic (exact) mass is 277 g/mol. The molecule has 5 heteroatoms. The second kappa shape index (κ2) is 5.45. The third-order valence-electron chi connectivity index (χ3n) is 2.94. The van der Waals surface area contributed by atoms with Crippen LogP contribution in [0, 0.1) is 20.8 Å². The van der Waals surface area contributed by atoms with Gasteiger partial charge in [0.25, 0.3) is 0 Å². The first-order valence-corrected chi connectivity index (χ1v) is 6.41. The third-order valence-corrected chi connectivity index (χ3v) is 3.35. The molecule has 0 fully saturated rings. The number of benzene rings is 1. The molecular formula is C14H16ClN3O. The highest BCUT2D eigenvalue weighted by Gasteiger charge is 2.09. The minimum Gasteiger partial charge on any atom is -0.324 e. The number of hydrogen-bond acceptors (Lipinski definition) is 2. The van der Waals surface area contributed by atoms with Gasteiger partial charge in [0.1, 0.15) is 6.54 Å². The fourth-order valence-corrected chi connectivity index (χ4v) is 2.08. The molecule has 0 saturated carbocycles. The van der Waals surface area contributed by atoms with Gasteiger partial charge in [0.2, 0.25) is 5.91 Å². The molecule has 0 aliphatic rings. The molecule has 1 amide bonds. The van der Waals surface area contributed by atoms with Crippen LogP contribution in [-0.2, 0) is 11.3 Å². The number of nitrogens with zero attached hydrogens (tertiary/aromatic N) is 2. The van der Waals surface area contributed by atoms with Crippen LogP contribution in [0.4, 0.5) is 5.69 Å². The van der Waals surface area contributed by atoms with Crippen molar-refractivity contribution in [2.75, 3.05) is 5.32 Å². The van der Waals surface area contributed by atoms with E-state index >= 15 is 0 Å². The molecule has 100 valence electrons. The maximum Gasteiger partial charge on any atom is 0.246 e. The minimum atomic E-state index is -0.114. The van der Waals surface area contributed by atoms with Gasteiger partial charge >= 0.3 is 0 Å². The zero-order valence-electron chi connectivity index (χ0n) is 11.2. The Morgan fingerprint density at radius 2 is 2.11 bits per heavy atom. The van der Waals surface area contributed by atoms with Crippen LogP contribution in [0.3, 0.4) is 0 Å². The lowest BCUT2D eigenvalue weighted by Gasteiger charge is -2.10. The van der Waals surface area contributed by atoms with Crippen LogP contribution in [0.15, 0.2) is 24.3 Å². The molecule has 1 aromatic heterocycles. The van der Waals surface area contributed by atoms with Crippen molar-refractivity contribution in [3.63, 3.8) is 0 Å². The predicted octanol–water partition coefficient (Wildman–Crippen LogP) is 3.10. The lowest BCUT2D eigenvalue weighted by Crippen LogP contribution is -2.20. The molecule has 2 rings (SSSR count). The topological polar surface area (TPSA) is 46.9 Å². The predicted molar refractivity (Wildman–Crippen MR) is 76.5 cm³/mol. The van der Waals surface area contributed by atoms with Gasteiger partial charge in [-0.15, -0.1) is 0 Å². The lowest BCUT2D eigenvalue weighted by atomic mass is 10.2. The fourth-order valence-electron chi connectivity index (χ4n) is 1.90. The summed E-state index contributed by atoms with van der Waals surface area (Å²) in [6.45, 7) is 5.91. The average molecular weight is 278 g/mol. The molecule has 0 spiro atoms. The van der Waals surface area contributed by atoms with Crippen molar-refractivity contribution in [2.45, 2.75) is 27.3 Å². The van der Waals surface area contributed by atoms with Gasteiger partial charge in [-0.3, -0.25) is 9.48 Å². The molecule has 0 radical (unpaired) electrons. The zero-order chi connectivity index (χ0) is 14.0. The van der Waals surface area contributed by atoms with Gasteiger partial charge in [-0.05, 0) is 44.5 Å². The maximum atomic E-state index is 12.0. The molecule has 0 unspecified atom stereocenters. The van der Waals surface area contributed by atoms with Gasteiger partial charge in [-0.1, -0.05) is 17.7 Å². The Balaban J connectivity index is 2.10. The lowest BCUT2D eigenvalue weighted by molar-refractivity contribution is -0.116. The van der Waals surface area contributed by atoms with E-state index in [4.69, 9.17) is 11.6 Å². The van der Waals surface area contributed by atoms with Gasteiger partial charge in [-0.2, -0.15) is 5.10 Å². The summed E-state index contributed by atoms with van der Waals surface area (Å²) in [6.07, 6.45) is 0. The number of nitrogens with one attached hydrogen (secondary N) is 1. The van der Waals surface area contributed by atoms with Gasteiger partial charge in [-0.25, -0.2) is 0 Å². The summed E-state index contributed by atoms with van der Waals surface area (Å²) in [4.78, 5) is 12.0. The SMILES string of the molecule is Cc1cc(C)n(CC(=O)Nc2cccc(Cl)c2C)n1. The highest BCUT2D eigenvalue weighted by atomic mass is 35.5. The summed E-state index contributed by atoms with van der Waals surface area (Å²) in [6, 6.07) is 7.39. The molecule has 0 aliphatic heterocycles. The van der Waals surface area contributed by atoms with E-state index in [1.807, 2.05) is 39.0 Å². The van der Waals surface area contributed by atoms with E-state index in [-0.39, 0.29) is 12.5 Å². The number of halogens is 1. The normalized spacial score (nSPS) is 10.5. The van der Waals surface area contributed by atoms with Crippen molar-refractivity contribution in [1.29, 1.82) is 0 Å². The van der Waals surface area contributed by atoms with Crippen LogP contribution in [0.5, 0.6) is 0 Å². The Labute approximate surface area is 117 Å². The first-order chi connectivity index (χ1) is 8.97. The Kier molecular flexibility index (Phi) is 3.90. The highest BCUT2D eigenvalue weighted by Crippen LogP contribution is 2.22. The van der Waals surface area contributed by atoms with Crippen LogP contribution in [0.25, 0.3) is 0 Å². The second-order valence-electron chi connectivity index (χ2n) is 4.55. The summed E-state index contributed by atoms with van der Waals surface area (Å²) in [5.41, 5.74) is 3.48. The van der Waals surface area contributed by atoms with Crippen molar-refractivity contribution < 1.29 is 4.79 Å². The van der Waals surface area contributed by atoms with E-state index in [9.17, 15) is 4.79 Å². The summed E-state index contributed by atoms with van der Waals surface area (Å²) in [7, 11) is 0. The quantitative estimate of drug-likeness (QED) is 0.937. The Bertz CT molecular complexity index is 619. The Morgan fingerprint density at radius 1 is 1.37 bits per heavy atom. The Morgan fingerprint density at radius 3 is 2.74 bits per heavy atom. The third kappa shape index (κ3) is 3.15. The van der Waals surface area contributed by atoms with Crippen LogP contribution in [0.1, 0.15) is 17.0 Å². The number of anilines is 1. The van der Waals surface area contributed by atoms with Crippen LogP contribution in [-0.4, -0.2) is 15.7 Å². The van der Waals surface area contributed by atoms with E-state index in [0.717, 1.165) is 22.6 Å². The standard InChI is InChI=1S/C14H16ClN3O/c1-9-7-10(2)18(17-9)8-14(19)16-13-6-4-5-12(15)11(13)3/h4-7H,8H2,1-3H3,(H,16,19). The number of amides is 1. The minimum absolute atomic E-state index is 0.114. The van der Waals surface area contributed by atoms with E-state index in [0.29, 0.717) is 5.02 Å². The Hall–Kier alpha value is -1.81. The summed E-state index contributed by atoms with van der Waals surface area (Å²) in [5, 5.41) is 7.76. The molecular weight excluding hydrogens is 262 g/mol. The number of rotatable bonds is 3. The first-order valence-electron chi connectivity index (χ1n) is 6.03. The molecule has 1 heterocycles. The van der Waals surface area contributed by atoms with Gasteiger partial charge in [0.15, 0.2) is 0 Å². The molecule has 19 heavy (non-hydrogen) atoms. The van der Waals surface area contributed by atoms with Crippen molar-refractivity contribution in [3.05, 3.63) is 46.2 Å². The molecule has 1 N–H and O–H groups in total. The van der Waals surface area contributed by atoms with E-state index in [1.54, 1.807) is 10.7 Å². The zero-order valence-corrected chi connectivity index (χ0v) is 12.0. The van der Waals surface area contributed by atoms with Crippen molar-refractivity contribution in [2.24, 2.45) is 0 Å². The number of aromatic nitrogens is 2. The van der Waals surface area contributed by atoms with Crippen molar-refractivity contribution >= 4 is 23.2 Å². The molecule has 2 aromatic rings. The molecule has 0 aliphatic carbocycles.